The molecule has 2 rings (SSSR count). The van der Waals surface area contributed by atoms with E-state index in [2.05, 4.69) is 9.88 Å². The minimum absolute atomic E-state index is 0.0925. The van der Waals surface area contributed by atoms with Crippen LogP contribution in [-0.4, -0.2) is 39.1 Å². The fraction of sp³-hybridized carbons (Fsp3) is 0.545. The minimum Gasteiger partial charge on any atom is -0.477 e. The van der Waals surface area contributed by atoms with E-state index in [1.807, 2.05) is 7.05 Å². The summed E-state index contributed by atoms with van der Waals surface area (Å²) in [4.78, 5) is 27.9. The summed E-state index contributed by atoms with van der Waals surface area (Å²) in [5.41, 5.74) is -0.960. The van der Waals surface area contributed by atoms with Crippen molar-refractivity contribution >= 4 is 5.97 Å². The van der Waals surface area contributed by atoms with Crippen LogP contribution in [0.5, 0.6) is 0 Å². The molecule has 0 aliphatic carbocycles. The van der Waals surface area contributed by atoms with Crippen LogP contribution in [0.4, 0.5) is 0 Å². The van der Waals surface area contributed by atoms with Crippen molar-refractivity contribution in [3.63, 3.8) is 0 Å². The molecule has 0 radical (unpaired) electrons. The van der Waals surface area contributed by atoms with Crippen LogP contribution in [0.25, 0.3) is 0 Å². The molecule has 1 unspecified atom stereocenters. The molecule has 6 nitrogen and oxygen atoms in total. The zero-order valence-corrected chi connectivity index (χ0v) is 9.67. The van der Waals surface area contributed by atoms with E-state index in [0.29, 0.717) is 0 Å². The largest absolute Gasteiger partial charge is 0.477 e. The molecule has 1 N–H and O–H groups in total. The molecule has 1 aromatic heterocycles. The maximum atomic E-state index is 11.3. The molecule has 17 heavy (non-hydrogen) atoms. The number of hydrogen-bond acceptors (Lipinski definition) is 4. The van der Waals surface area contributed by atoms with E-state index in [1.165, 1.54) is 12.5 Å². The van der Waals surface area contributed by atoms with E-state index < -0.39 is 11.5 Å². The van der Waals surface area contributed by atoms with Crippen molar-refractivity contribution in [3.05, 3.63) is 28.4 Å². The molecule has 92 valence electrons. The molecule has 1 atom stereocenters. The molecule has 1 aromatic rings. The quantitative estimate of drug-likeness (QED) is 0.813. The summed E-state index contributed by atoms with van der Waals surface area (Å²) in [5.74, 6) is -1.23. The van der Waals surface area contributed by atoms with Crippen LogP contribution in [0.15, 0.2) is 17.3 Å². The molecule has 0 saturated carbocycles. The lowest BCUT2D eigenvalue weighted by Crippen LogP contribution is -2.35. The number of carboxylic acid groups (broad SMARTS) is 1. The van der Waals surface area contributed by atoms with Gasteiger partial charge in [0.2, 0.25) is 0 Å². The number of likely N-dealkylation sites (tertiary alicyclic amines) is 1. The Morgan fingerprint density at radius 2 is 2.29 bits per heavy atom. The second-order valence-electron chi connectivity index (χ2n) is 4.30. The summed E-state index contributed by atoms with van der Waals surface area (Å²) in [6, 6.07) is 0. The summed E-state index contributed by atoms with van der Waals surface area (Å²) in [5, 5.41) is 8.89. The van der Waals surface area contributed by atoms with Crippen molar-refractivity contribution in [2.75, 3.05) is 13.6 Å². The number of rotatable bonds is 2. The van der Waals surface area contributed by atoms with E-state index in [4.69, 9.17) is 5.11 Å². The Hall–Kier alpha value is -1.69. The van der Waals surface area contributed by atoms with Crippen LogP contribution >= 0.6 is 0 Å². The Labute approximate surface area is 98.5 Å². The van der Waals surface area contributed by atoms with Crippen molar-refractivity contribution in [3.8, 4) is 0 Å². The van der Waals surface area contributed by atoms with Gasteiger partial charge in [0.25, 0.3) is 5.56 Å². The van der Waals surface area contributed by atoms with Crippen molar-refractivity contribution in [2.24, 2.45) is 0 Å². The Bertz CT molecular complexity index is 483. The molecule has 1 saturated heterocycles. The minimum atomic E-state index is -1.23. The van der Waals surface area contributed by atoms with Crippen LogP contribution < -0.4 is 5.56 Å². The maximum absolute atomic E-state index is 11.3. The monoisotopic (exact) mass is 237 g/mol. The topological polar surface area (TPSA) is 75.4 Å². The molecule has 1 fully saturated rings. The van der Waals surface area contributed by atoms with Gasteiger partial charge in [-0.15, -0.1) is 0 Å². The van der Waals surface area contributed by atoms with E-state index in [0.717, 1.165) is 25.8 Å². The first-order valence-corrected chi connectivity index (χ1v) is 5.61. The average molecular weight is 237 g/mol. The number of carbonyl (C=O) groups is 1. The molecule has 6 heteroatoms. The zero-order valence-electron chi connectivity index (χ0n) is 9.67. The smallest absolute Gasteiger partial charge is 0.342 e. The predicted octanol–water partition coefficient (Wildman–Crippen LogP) is 0.556. The SMILES string of the molecule is CN1CCCCC1n1cnc(=O)c(C(=O)O)c1. The number of carboxylic acids is 1. The van der Waals surface area contributed by atoms with Gasteiger partial charge in [-0.1, -0.05) is 0 Å². The highest BCUT2D eigenvalue weighted by atomic mass is 16.4. The first-order valence-electron chi connectivity index (χ1n) is 5.61. The van der Waals surface area contributed by atoms with Gasteiger partial charge in [-0.3, -0.25) is 9.69 Å². The number of aromatic nitrogens is 2. The van der Waals surface area contributed by atoms with E-state index >= 15 is 0 Å². The van der Waals surface area contributed by atoms with Crippen LogP contribution in [0.2, 0.25) is 0 Å². The Morgan fingerprint density at radius 1 is 1.53 bits per heavy atom. The molecule has 0 bridgehead atoms. The van der Waals surface area contributed by atoms with Gasteiger partial charge in [0.05, 0.1) is 6.17 Å². The predicted molar refractivity (Wildman–Crippen MR) is 61.0 cm³/mol. The third-order valence-corrected chi connectivity index (χ3v) is 3.12. The Morgan fingerprint density at radius 3 is 2.94 bits per heavy atom. The summed E-state index contributed by atoms with van der Waals surface area (Å²) < 4.78 is 1.71. The molecular formula is C11H15N3O3. The number of nitrogens with zero attached hydrogens (tertiary/aromatic N) is 3. The molecular weight excluding hydrogens is 222 g/mol. The van der Waals surface area contributed by atoms with E-state index in [-0.39, 0.29) is 11.7 Å². The summed E-state index contributed by atoms with van der Waals surface area (Å²) >= 11 is 0. The first kappa shape index (κ1) is 11.8. The van der Waals surface area contributed by atoms with Crippen molar-refractivity contribution in [1.82, 2.24) is 14.5 Å². The van der Waals surface area contributed by atoms with Crippen LogP contribution in [0.1, 0.15) is 35.8 Å². The summed E-state index contributed by atoms with van der Waals surface area (Å²) in [6.07, 6.45) is 6.08. The Balaban J connectivity index is 2.35. The highest BCUT2D eigenvalue weighted by Crippen LogP contribution is 2.23. The van der Waals surface area contributed by atoms with Gasteiger partial charge in [0.15, 0.2) is 0 Å². The highest BCUT2D eigenvalue weighted by Gasteiger charge is 2.21. The maximum Gasteiger partial charge on any atom is 0.342 e. The molecule has 0 amide bonds. The van der Waals surface area contributed by atoms with Crippen LogP contribution in [-0.2, 0) is 0 Å². The van der Waals surface area contributed by atoms with Crippen molar-refractivity contribution in [1.29, 1.82) is 0 Å². The standard InChI is InChI=1S/C11H15N3O3/c1-13-5-3-2-4-9(13)14-6-8(11(16)17)10(15)12-7-14/h6-7,9H,2-5H2,1H3,(H,16,17). The van der Waals surface area contributed by atoms with E-state index in [1.54, 1.807) is 4.57 Å². The fourth-order valence-electron chi connectivity index (χ4n) is 2.17. The van der Waals surface area contributed by atoms with Gasteiger partial charge < -0.3 is 9.67 Å². The third kappa shape index (κ3) is 2.36. The summed E-state index contributed by atoms with van der Waals surface area (Å²) in [6.45, 7) is 0.971. The highest BCUT2D eigenvalue weighted by molar-refractivity contribution is 5.86. The molecule has 1 aliphatic heterocycles. The van der Waals surface area contributed by atoms with Gasteiger partial charge in [-0.25, -0.2) is 4.79 Å². The van der Waals surface area contributed by atoms with Gasteiger partial charge in [-0.2, -0.15) is 4.98 Å². The van der Waals surface area contributed by atoms with Gasteiger partial charge in [-0.05, 0) is 32.9 Å². The Kier molecular flexibility index (Phi) is 3.23. The second-order valence-corrected chi connectivity index (χ2v) is 4.30. The van der Waals surface area contributed by atoms with Crippen LogP contribution in [0, 0.1) is 0 Å². The van der Waals surface area contributed by atoms with Gasteiger partial charge in [0.1, 0.15) is 11.9 Å². The molecule has 2 heterocycles. The van der Waals surface area contributed by atoms with E-state index in [9.17, 15) is 9.59 Å². The fourth-order valence-corrected chi connectivity index (χ4v) is 2.17. The zero-order chi connectivity index (χ0) is 12.4. The first-order chi connectivity index (χ1) is 8.09. The lowest BCUT2D eigenvalue weighted by atomic mass is 10.1. The van der Waals surface area contributed by atoms with Crippen LogP contribution in [0.3, 0.4) is 0 Å². The lowest BCUT2D eigenvalue weighted by Gasteiger charge is -2.33. The summed E-state index contributed by atoms with van der Waals surface area (Å²) in [7, 11) is 1.99. The average Bonchev–Trinajstić information content (AvgIpc) is 2.30. The number of aromatic carboxylic acids is 1. The third-order valence-electron chi connectivity index (χ3n) is 3.12. The molecule has 0 spiro atoms. The number of hydrogen-bond donors (Lipinski definition) is 1. The van der Waals surface area contributed by atoms with Gasteiger partial charge in [0, 0.05) is 6.20 Å². The molecule has 0 aromatic carbocycles. The second kappa shape index (κ2) is 4.67. The normalized spacial score (nSPS) is 21.4. The molecule has 1 aliphatic rings. The van der Waals surface area contributed by atoms with Crippen molar-refractivity contribution < 1.29 is 9.90 Å². The van der Waals surface area contributed by atoms with Gasteiger partial charge >= 0.3 is 5.97 Å². The number of piperidine rings is 1. The lowest BCUT2D eigenvalue weighted by molar-refractivity contribution is 0.0690. The van der Waals surface area contributed by atoms with Crippen molar-refractivity contribution in [2.45, 2.75) is 25.4 Å².